The van der Waals surface area contributed by atoms with Crippen LogP contribution in [-0.4, -0.2) is 24.5 Å². The van der Waals surface area contributed by atoms with Crippen LogP contribution in [0.4, 0.5) is 23.7 Å². The van der Waals surface area contributed by atoms with Crippen molar-refractivity contribution in [1.29, 1.82) is 10.5 Å². The van der Waals surface area contributed by atoms with Gasteiger partial charge in [-0.25, -0.2) is 4.79 Å². The van der Waals surface area contributed by atoms with Gasteiger partial charge < -0.3 is 15.0 Å². The molecule has 0 aliphatic heterocycles. The van der Waals surface area contributed by atoms with Crippen molar-refractivity contribution in [3.63, 3.8) is 0 Å². The maximum Gasteiger partial charge on any atom is 0.416 e. The maximum absolute atomic E-state index is 12.6. The van der Waals surface area contributed by atoms with E-state index in [0.717, 1.165) is 24.3 Å². The van der Waals surface area contributed by atoms with Gasteiger partial charge in [0.05, 0.1) is 23.6 Å². The van der Waals surface area contributed by atoms with Crippen molar-refractivity contribution in [2.75, 3.05) is 18.9 Å². The number of halogens is 3. The van der Waals surface area contributed by atoms with Crippen LogP contribution in [0.5, 0.6) is 11.5 Å². The van der Waals surface area contributed by atoms with Crippen LogP contribution >= 0.6 is 0 Å². The van der Waals surface area contributed by atoms with Gasteiger partial charge in [-0.15, -0.1) is 0 Å². The van der Waals surface area contributed by atoms with Gasteiger partial charge in [-0.1, -0.05) is 0 Å². The Morgan fingerprint density at radius 2 is 1.86 bits per heavy atom. The van der Waals surface area contributed by atoms with E-state index in [0.29, 0.717) is 5.69 Å². The second-order valence-electron chi connectivity index (χ2n) is 5.71. The zero-order valence-corrected chi connectivity index (χ0v) is 14.7. The predicted octanol–water partition coefficient (Wildman–Crippen LogP) is 4.75. The van der Waals surface area contributed by atoms with Crippen molar-refractivity contribution < 1.29 is 22.7 Å². The molecule has 0 aliphatic carbocycles. The highest BCUT2D eigenvalue weighted by molar-refractivity contribution is 5.89. The van der Waals surface area contributed by atoms with Crippen molar-refractivity contribution >= 4 is 11.7 Å². The molecule has 9 heteroatoms. The van der Waals surface area contributed by atoms with Gasteiger partial charge in [0.1, 0.15) is 17.6 Å². The predicted molar refractivity (Wildman–Crippen MR) is 94.6 cm³/mol. The Morgan fingerprint density at radius 1 is 1.18 bits per heavy atom. The topological polar surface area (TPSA) is 89.2 Å². The molecular formula is C19H15F3N4O2. The highest BCUT2D eigenvalue weighted by Gasteiger charge is 2.30. The highest BCUT2D eigenvalue weighted by Crippen LogP contribution is 2.32. The lowest BCUT2D eigenvalue weighted by molar-refractivity contribution is -0.137. The number of nitrogens with one attached hydrogen (secondary N) is 1. The summed E-state index contributed by atoms with van der Waals surface area (Å²) in [4.78, 5) is 13.3. The van der Waals surface area contributed by atoms with Crippen molar-refractivity contribution in [3.8, 4) is 23.6 Å². The molecule has 2 aromatic carbocycles. The SMILES string of the molecule is CN(CCC#N)C(=O)Nc1ccc(Oc2ccc(C(F)(F)F)cc2)c(C#N)c1. The quantitative estimate of drug-likeness (QED) is 0.801. The van der Waals surface area contributed by atoms with E-state index in [1.807, 2.05) is 12.1 Å². The van der Waals surface area contributed by atoms with Gasteiger partial charge in [0.15, 0.2) is 0 Å². The lowest BCUT2D eigenvalue weighted by Crippen LogP contribution is -2.32. The molecule has 2 aromatic rings. The van der Waals surface area contributed by atoms with Crippen LogP contribution in [0.25, 0.3) is 0 Å². The number of hydrogen-bond donors (Lipinski definition) is 1. The van der Waals surface area contributed by atoms with E-state index in [9.17, 15) is 23.2 Å². The highest BCUT2D eigenvalue weighted by atomic mass is 19.4. The van der Waals surface area contributed by atoms with Crippen LogP contribution in [0.1, 0.15) is 17.5 Å². The van der Waals surface area contributed by atoms with Crippen LogP contribution in [0.3, 0.4) is 0 Å². The summed E-state index contributed by atoms with van der Waals surface area (Å²) in [5.74, 6) is 0.274. The number of urea groups is 1. The molecule has 0 aliphatic rings. The first-order valence-corrected chi connectivity index (χ1v) is 8.03. The third kappa shape index (κ3) is 5.39. The average Bonchev–Trinajstić information content (AvgIpc) is 2.66. The molecular weight excluding hydrogens is 373 g/mol. The van der Waals surface area contributed by atoms with Crippen LogP contribution < -0.4 is 10.1 Å². The monoisotopic (exact) mass is 388 g/mol. The lowest BCUT2D eigenvalue weighted by Gasteiger charge is -2.17. The Bertz CT molecular complexity index is 928. The Balaban J connectivity index is 2.12. The normalized spacial score (nSPS) is 10.5. The van der Waals surface area contributed by atoms with Crippen LogP contribution in [-0.2, 0) is 6.18 Å². The number of benzene rings is 2. The number of anilines is 1. The summed E-state index contributed by atoms with van der Waals surface area (Å²) in [6.45, 7) is 0.253. The molecule has 1 N–H and O–H groups in total. The summed E-state index contributed by atoms with van der Waals surface area (Å²) in [6.07, 6.45) is -4.26. The average molecular weight is 388 g/mol. The third-order valence-electron chi connectivity index (χ3n) is 3.67. The van der Waals surface area contributed by atoms with E-state index in [1.54, 1.807) is 0 Å². The zero-order chi connectivity index (χ0) is 20.7. The number of carbonyl (C=O) groups is 1. The van der Waals surface area contributed by atoms with Crippen molar-refractivity contribution in [2.45, 2.75) is 12.6 Å². The van der Waals surface area contributed by atoms with Crippen molar-refractivity contribution in [3.05, 3.63) is 53.6 Å². The van der Waals surface area contributed by atoms with E-state index in [-0.39, 0.29) is 30.0 Å². The molecule has 0 radical (unpaired) electrons. The number of nitrogens with zero attached hydrogens (tertiary/aromatic N) is 3. The molecule has 0 bridgehead atoms. The summed E-state index contributed by atoms with van der Waals surface area (Å²) in [6, 6.07) is 11.8. The van der Waals surface area contributed by atoms with Gasteiger partial charge in [-0.05, 0) is 42.5 Å². The lowest BCUT2D eigenvalue weighted by atomic mass is 10.2. The molecule has 2 rings (SSSR count). The summed E-state index contributed by atoms with van der Waals surface area (Å²) in [5, 5.41) is 20.4. The molecule has 6 nitrogen and oxygen atoms in total. The summed E-state index contributed by atoms with van der Waals surface area (Å²) in [7, 11) is 1.53. The Hall–Kier alpha value is -3.72. The van der Waals surface area contributed by atoms with Gasteiger partial charge in [0.2, 0.25) is 0 Å². The minimum Gasteiger partial charge on any atom is -0.456 e. The third-order valence-corrected chi connectivity index (χ3v) is 3.67. The van der Waals surface area contributed by atoms with Crippen LogP contribution in [0, 0.1) is 22.7 Å². The molecule has 0 aromatic heterocycles. The van der Waals surface area contributed by atoms with Gasteiger partial charge in [0.25, 0.3) is 0 Å². The molecule has 0 unspecified atom stereocenters. The number of alkyl halides is 3. The fraction of sp³-hybridized carbons (Fsp3) is 0.211. The number of ether oxygens (including phenoxy) is 1. The minimum absolute atomic E-state index is 0.0948. The van der Waals surface area contributed by atoms with Crippen LogP contribution in [0.15, 0.2) is 42.5 Å². The van der Waals surface area contributed by atoms with Crippen LogP contribution in [0.2, 0.25) is 0 Å². The fourth-order valence-corrected chi connectivity index (χ4v) is 2.16. The van der Waals surface area contributed by atoms with Gasteiger partial charge in [-0.2, -0.15) is 23.7 Å². The first-order chi connectivity index (χ1) is 13.2. The molecule has 2 amide bonds. The maximum atomic E-state index is 12.6. The Morgan fingerprint density at radius 3 is 2.43 bits per heavy atom. The van der Waals surface area contributed by atoms with Crippen molar-refractivity contribution in [2.24, 2.45) is 0 Å². The van der Waals surface area contributed by atoms with Gasteiger partial charge in [-0.3, -0.25) is 0 Å². The molecule has 0 saturated heterocycles. The summed E-state index contributed by atoms with van der Waals surface area (Å²) < 4.78 is 43.3. The van der Waals surface area contributed by atoms with Crippen molar-refractivity contribution in [1.82, 2.24) is 4.90 Å². The molecule has 0 saturated carbocycles. The number of hydrogen-bond acceptors (Lipinski definition) is 4. The fourth-order valence-electron chi connectivity index (χ4n) is 2.16. The van der Waals surface area contributed by atoms with E-state index in [2.05, 4.69) is 5.32 Å². The first kappa shape index (κ1) is 20.6. The van der Waals surface area contributed by atoms with Gasteiger partial charge in [0, 0.05) is 19.3 Å². The smallest absolute Gasteiger partial charge is 0.416 e. The summed E-state index contributed by atoms with van der Waals surface area (Å²) >= 11 is 0. The molecule has 28 heavy (non-hydrogen) atoms. The number of nitriles is 2. The van der Waals surface area contributed by atoms with E-state index in [1.165, 1.54) is 30.1 Å². The molecule has 0 atom stereocenters. The Kier molecular flexibility index (Phi) is 6.46. The minimum atomic E-state index is -4.45. The van der Waals surface area contributed by atoms with Gasteiger partial charge >= 0.3 is 12.2 Å². The largest absolute Gasteiger partial charge is 0.456 e. The number of carbonyl (C=O) groups excluding carboxylic acids is 1. The zero-order valence-electron chi connectivity index (χ0n) is 14.7. The van der Waals surface area contributed by atoms with E-state index < -0.39 is 17.8 Å². The molecule has 0 spiro atoms. The number of amides is 2. The number of rotatable bonds is 5. The second-order valence-corrected chi connectivity index (χ2v) is 5.71. The Labute approximate surface area is 159 Å². The molecule has 0 fully saturated rings. The van der Waals surface area contributed by atoms with E-state index in [4.69, 9.17) is 10.00 Å². The first-order valence-electron chi connectivity index (χ1n) is 8.03. The standard InChI is InChI=1S/C19H15F3N4O2/c1-26(10-2-9-23)18(27)25-15-5-8-17(13(11-15)12-24)28-16-6-3-14(4-7-16)19(20,21)22/h3-8,11H,2,10H2,1H3,(H,25,27). The van der Waals surface area contributed by atoms with E-state index >= 15 is 0 Å². The molecule has 144 valence electrons. The summed E-state index contributed by atoms with van der Waals surface area (Å²) in [5.41, 5.74) is -0.374. The second kappa shape index (κ2) is 8.78. The molecule has 0 heterocycles.